The molecule has 1 atom stereocenters. The third kappa shape index (κ3) is 3.14. The van der Waals surface area contributed by atoms with Crippen LogP contribution in [0, 0.1) is 17.6 Å². The van der Waals surface area contributed by atoms with Gasteiger partial charge in [-0.15, -0.1) is 0 Å². The first-order valence-electron chi connectivity index (χ1n) is 5.88. The van der Waals surface area contributed by atoms with Crippen molar-refractivity contribution >= 4 is 21.7 Å². The van der Waals surface area contributed by atoms with Gasteiger partial charge in [-0.25, -0.2) is 8.78 Å². The van der Waals surface area contributed by atoms with Gasteiger partial charge in [-0.05, 0) is 46.8 Å². The number of carbonyl (C=O) groups is 1. The Hall–Kier alpha value is -0.810. The molecule has 0 heterocycles. The van der Waals surface area contributed by atoms with Crippen LogP contribution in [-0.2, 0) is 11.2 Å². The number of benzene rings is 1. The highest BCUT2D eigenvalue weighted by atomic mass is 79.9. The van der Waals surface area contributed by atoms with Crippen molar-refractivity contribution in [1.82, 2.24) is 0 Å². The normalized spacial score (nSPS) is 16.7. The molecule has 0 radical (unpaired) electrons. The molecule has 0 saturated heterocycles. The van der Waals surface area contributed by atoms with Gasteiger partial charge in [0.2, 0.25) is 0 Å². The monoisotopic (exact) mass is 317 g/mol. The Labute approximate surface area is 113 Å². The van der Waals surface area contributed by atoms with Gasteiger partial charge in [0, 0.05) is 24.4 Å². The van der Waals surface area contributed by atoms with Crippen LogP contribution < -0.4 is 5.73 Å². The van der Waals surface area contributed by atoms with Crippen LogP contribution in [0.1, 0.15) is 24.8 Å². The average Bonchev–Trinajstić information content (AvgIpc) is 3.13. The van der Waals surface area contributed by atoms with Gasteiger partial charge < -0.3 is 5.73 Å². The summed E-state index contributed by atoms with van der Waals surface area (Å²) in [7, 11) is 0. The van der Waals surface area contributed by atoms with Crippen LogP contribution in [0.5, 0.6) is 0 Å². The number of rotatable bonds is 5. The van der Waals surface area contributed by atoms with E-state index in [1.807, 2.05) is 0 Å². The molecule has 0 spiro atoms. The summed E-state index contributed by atoms with van der Waals surface area (Å²) in [4.78, 5) is 11.7. The molecule has 2 N–H and O–H groups in total. The second kappa shape index (κ2) is 5.45. The van der Waals surface area contributed by atoms with Gasteiger partial charge in [-0.1, -0.05) is 0 Å². The lowest BCUT2D eigenvalue weighted by Crippen LogP contribution is -2.26. The maximum atomic E-state index is 13.7. The van der Waals surface area contributed by atoms with Crippen molar-refractivity contribution in [3.63, 3.8) is 0 Å². The zero-order valence-electron chi connectivity index (χ0n) is 9.76. The minimum Gasteiger partial charge on any atom is -0.327 e. The molecule has 1 aromatic carbocycles. The molecule has 0 amide bonds. The molecule has 0 bridgehead atoms. The summed E-state index contributed by atoms with van der Waals surface area (Å²) in [6.45, 7) is 0. The maximum Gasteiger partial charge on any atom is 0.143 e. The molecule has 1 fully saturated rings. The fourth-order valence-electron chi connectivity index (χ4n) is 1.95. The SMILES string of the molecule is NC(CC(=O)Cc1c(F)ccc(Br)c1F)C1CC1. The largest absolute Gasteiger partial charge is 0.327 e. The number of halogens is 3. The number of Topliss-reactive ketones (excluding diaryl/α,β-unsaturated/α-hetero) is 1. The lowest BCUT2D eigenvalue weighted by molar-refractivity contribution is -0.118. The lowest BCUT2D eigenvalue weighted by atomic mass is 10.0. The Balaban J connectivity index is 2.04. The van der Waals surface area contributed by atoms with Crippen LogP contribution in [0.25, 0.3) is 0 Å². The van der Waals surface area contributed by atoms with Crippen molar-refractivity contribution in [1.29, 1.82) is 0 Å². The van der Waals surface area contributed by atoms with Crippen molar-refractivity contribution in [2.45, 2.75) is 31.7 Å². The molecule has 2 nitrogen and oxygen atoms in total. The maximum absolute atomic E-state index is 13.7. The predicted molar refractivity (Wildman–Crippen MR) is 68.1 cm³/mol. The van der Waals surface area contributed by atoms with Gasteiger partial charge >= 0.3 is 0 Å². The van der Waals surface area contributed by atoms with Crippen LogP contribution in [0.3, 0.4) is 0 Å². The van der Waals surface area contributed by atoms with Crippen molar-refractivity contribution in [2.24, 2.45) is 11.7 Å². The molecule has 1 aliphatic rings. The van der Waals surface area contributed by atoms with E-state index in [2.05, 4.69) is 15.9 Å². The molecule has 2 rings (SSSR count). The third-order valence-electron chi connectivity index (χ3n) is 3.20. The fraction of sp³-hybridized carbons (Fsp3) is 0.462. The molecule has 1 unspecified atom stereocenters. The zero-order valence-corrected chi connectivity index (χ0v) is 11.3. The molecule has 1 aromatic rings. The molecule has 98 valence electrons. The zero-order chi connectivity index (χ0) is 13.3. The minimum absolute atomic E-state index is 0.165. The van der Waals surface area contributed by atoms with Crippen LogP contribution in [0.15, 0.2) is 16.6 Å². The Morgan fingerprint density at radius 2 is 2.11 bits per heavy atom. The Bertz CT molecular complexity index is 474. The van der Waals surface area contributed by atoms with E-state index in [0.29, 0.717) is 5.92 Å². The first-order valence-corrected chi connectivity index (χ1v) is 6.68. The van der Waals surface area contributed by atoms with Gasteiger partial charge in [-0.3, -0.25) is 4.79 Å². The third-order valence-corrected chi connectivity index (χ3v) is 3.82. The molecule has 0 aliphatic heterocycles. The van der Waals surface area contributed by atoms with E-state index in [1.54, 1.807) is 0 Å². The topological polar surface area (TPSA) is 43.1 Å². The highest BCUT2D eigenvalue weighted by molar-refractivity contribution is 9.10. The van der Waals surface area contributed by atoms with E-state index >= 15 is 0 Å². The van der Waals surface area contributed by atoms with E-state index in [-0.39, 0.29) is 34.7 Å². The lowest BCUT2D eigenvalue weighted by Gasteiger charge is -2.10. The highest BCUT2D eigenvalue weighted by Gasteiger charge is 2.30. The van der Waals surface area contributed by atoms with Gasteiger partial charge in [0.15, 0.2) is 0 Å². The van der Waals surface area contributed by atoms with Crippen LogP contribution in [-0.4, -0.2) is 11.8 Å². The van der Waals surface area contributed by atoms with E-state index < -0.39 is 11.6 Å². The first kappa shape index (κ1) is 13.6. The Morgan fingerprint density at radius 3 is 2.72 bits per heavy atom. The molecular formula is C13H14BrF2NO. The van der Waals surface area contributed by atoms with Crippen LogP contribution in [0.2, 0.25) is 0 Å². The summed E-state index contributed by atoms with van der Waals surface area (Å²) < 4.78 is 27.3. The van der Waals surface area contributed by atoms with Gasteiger partial charge in [0.25, 0.3) is 0 Å². The van der Waals surface area contributed by atoms with Gasteiger partial charge in [0.05, 0.1) is 4.47 Å². The number of ketones is 1. The van der Waals surface area contributed by atoms with Gasteiger partial charge in [-0.2, -0.15) is 0 Å². The van der Waals surface area contributed by atoms with Crippen molar-refractivity contribution in [2.75, 3.05) is 0 Å². The quantitative estimate of drug-likeness (QED) is 0.848. The summed E-state index contributed by atoms with van der Waals surface area (Å²) in [5.41, 5.74) is 5.64. The summed E-state index contributed by atoms with van der Waals surface area (Å²) in [6.07, 6.45) is 2.05. The van der Waals surface area contributed by atoms with Crippen molar-refractivity contribution in [3.05, 3.63) is 33.8 Å². The van der Waals surface area contributed by atoms with Crippen LogP contribution in [0.4, 0.5) is 8.78 Å². The van der Waals surface area contributed by atoms with Crippen molar-refractivity contribution in [3.8, 4) is 0 Å². The summed E-state index contributed by atoms with van der Waals surface area (Å²) in [5, 5.41) is 0. The number of hydrogen-bond acceptors (Lipinski definition) is 2. The second-order valence-electron chi connectivity index (χ2n) is 4.74. The van der Waals surface area contributed by atoms with Crippen LogP contribution >= 0.6 is 15.9 Å². The molecular weight excluding hydrogens is 304 g/mol. The second-order valence-corrected chi connectivity index (χ2v) is 5.60. The smallest absolute Gasteiger partial charge is 0.143 e. The highest BCUT2D eigenvalue weighted by Crippen LogP contribution is 2.33. The number of carbonyl (C=O) groups excluding carboxylic acids is 1. The standard InChI is InChI=1S/C13H14BrF2NO/c14-10-3-4-11(15)9(13(10)16)5-8(18)6-12(17)7-1-2-7/h3-4,7,12H,1-2,5-6,17H2. The molecule has 1 aliphatic carbocycles. The Kier molecular flexibility index (Phi) is 4.12. The molecule has 5 heteroatoms. The minimum atomic E-state index is -0.705. The van der Waals surface area contributed by atoms with Gasteiger partial charge in [0.1, 0.15) is 17.4 Å². The summed E-state index contributed by atoms with van der Waals surface area (Å²) in [5.74, 6) is -1.20. The predicted octanol–water partition coefficient (Wildman–Crippen LogP) is 2.97. The first-order chi connectivity index (χ1) is 8.49. The molecule has 0 aromatic heterocycles. The molecule has 1 saturated carbocycles. The van der Waals surface area contributed by atoms with E-state index in [1.165, 1.54) is 6.07 Å². The molecule has 18 heavy (non-hydrogen) atoms. The van der Waals surface area contributed by atoms with E-state index in [4.69, 9.17) is 5.73 Å². The van der Waals surface area contributed by atoms with Crippen molar-refractivity contribution < 1.29 is 13.6 Å². The van der Waals surface area contributed by atoms with E-state index in [0.717, 1.165) is 18.9 Å². The fourth-order valence-corrected chi connectivity index (χ4v) is 2.33. The average molecular weight is 318 g/mol. The Morgan fingerprint density at radius 1 is 1.44 bits per heavy atom. The number of hydrogen-bond donors (Lipinski definition) is 1. The number of nitrogens with two attached hydrogens (primary N) is 1. The van der Waals surface area contributed by atoms with E-state index in [9.17, 15) is 13.6 Å². The summed E-state index contributed by atoms with van der Waals surface area (Å²) in [6, 6.07) is 2.27. The summed E-state index contributed by atoms with van der Waals surface area (Å²) >= 11 is 2.98.